The molecule has 0 aromatic carbocycles. The first-order valence-corrected chi connectivity index (χ1v) is 7.96. The van der Waals surface area contributed by atoms with Gasteiger partial charge < -0.3 is 10.2 Å². The highest BCUT2D eigenvalue weighted by molar-refractivity contribution is 5.92. The van der Waals surface area contributed by atoms with Crippen LogP contribution >= 0.6 is 0 Å². The minimum absolute atomic E-state index is 0.0993. The average Bonchev–Trinajstić information content (AvgIpc) is 2.61. The fraction of sp³-hybridized carbons (Fsp3) is 0.412. The van der Waals surface area contributed by atoms with Gasteiger partial charge in [-0.1, -0.05) is 6.07 Å². The number of hydrogen-bond donors (Lipinski definition) is 1. The van der Waals surface area contributed by atoms with Crippen LogP contribution in [0.3, 0.4) is 0 Å². The molecule has 0 bridgehead atoms. The number of carbonyl (C=O) groups excluding carboxylic acids is 1. The van der Waals surface area contributed by atoms with E-state index in [0.717, 1.165) is 37.4 Å². The Kier molecular flexibility index (Phi) is 4.80. The Morgan fingerprint density at radius 2 is 1.96 bits per heavy atom. The summed E-state index contributed by atoms with van der Waals surface area (Å²) in [4.78, 5) is 27.1. The van der Waals surface area contributed by atoms with Gasteiger partial charge in [-0.25, -0.2) is 4.98 Å². The van der Waals surface area contributed by atoms with Gasteiger partial charge in [0.15, 0.2) is 0 Å². The lowest BCUT2D eigenvalue weighted by atomic mass is 9.96. The molecule has 6 nitrogen and oxygen atoms in total. The van der Waals surface area contributed by atoms with Crippen molar-refractivity contribution in [3.05, 3.63) is 48.2 Å². The molecule has 1 N–H and O–H groups in total. The van der Waals surface area contributed by atoms with Gasteiger partial charge in [0.2, 0.25) is 0 Å². The number of amides is 1. The predicted molar refractivity (Wildman–Crippen MR) is 88.3 cm³/mol. The summed E-state index contributed by atoms with van der Waals surface area (Å²) in [6.07, 6.45) is 7.17. The quantitative estimate of drug-likeness (QED) is 0.932. The van der Waals surface area contributed by atoms with E-state index >= 15 is 0 Å². The summed E-state index contributed by atoms with van der Waals surface area (Å²) in [5.74, 6) is 1.37. The van der Waals surface area contributed by atoms with Crippen LogP contribution in [0.1, 0.15) is 29.0 Å². The molecule has 0 atom stereocenters. The van der Waals surface area contributed by atoms with E-state index in [2.05, 4.69) is 25.2 Å². The number of hydrogen-bond acceptors (Lipinski definition) is 5. The maximum Gasteiger partial charge on any atom is 0.269 e. The minimum atomic E-state index is -0.0993. The van der Waals surface area contributed by atoms with E-state index in [0.29, 0.717) is 18.2 Å². The second kappa shape index (κ2) is 7.17. The molecule has 0 unspecified atom stereocenters. The topological polar surface area (TPSA) is 71.0 Å². The maximum atomic E-state index is 12.0. The summed E-state index contributed by atoms with van der Waals surface area (Å²) in [6.45, 7) is 4.58. The van der Waals surface area contributed by atoms with Crippen molar-refractivity contribution in [2.24, 2.45) is 5.92 Å². The molecule has 6 heteroatoms. The molecule has 0 saturated carbocycles. The van der Waals surface area contributed by atoms with Gasteiger partial charge in [-0.15, -0.1) is 0 Å². The Bertz CT molecular complexity index is 653. The number of pyridine rings is 1. The largest absolute Gasteiger partial charge is 0.355 e. The van der Waals surface area contributed by atoms with E-state index < -0.39 is 0 Å². The Morgan fingerprint density at radius 1 is 1.17 bits per heavy atom. The third kappa shape index (κ3) is 3.83. The Balaban J connectivity index is 1.48. The van der Waals surface area contributed by atoms with Crippen LogP contribution in [0.5, 0.6) is 0 Å². The maximum absolute atomic E-state index is 12.0. The molecule has 2 aromatic heterocycles. The van der Waals surface area contributed by atoms with E-state index in [1.807, 2.05) is 13.0 Å². The molecule has 0 aliphatic carbocycles. The SMILES string of the molecule is Cc1nccnc1N1CCC(CNC(=O)c2ccccn2)CC1. The molecule has 23 heavy (non-hydrogen) atoms. The number of rotatable bonds is 4. The van der Waals surface area contributed by atoms with Crippen LogP contribution in [0.4, 0.5) is 5.82 Å². The molecule has 1 amide bonds. The highest BCUT2D eigenvalue weighted by Crippen LogP contribution is 2.22. The molecule has 1 aliphatic heterocycles. The predicted octanol–water partition coefficient (Wildman–Crippen LogP) is 1.83. The van der Waals surface area contributed by atoms with Crippen molar-refractivity contribution in [1.29, 1.82) is 0 Å². The molecule has 3 heterocycles. The first kappa shape index (κ1) is 15.4. The van der Waals surface area contributed by atoms with E-state index in [-0.39, 0.29) is 5.91 Å². The average molecular weight is 311 g/mol. The van der Waals surface area contributed by atoms with Crippen molar-refractivity contribution >= 4 is 11.7 Å². The number of piperidine rings is 1. The smallest absolute Gasteiger partial charge is 0.269 e. The van der Waals surface area contributed by atoms with E-state index in [4.69, 9.17) is 0 Å². The van der Waals surface area contributed by atoms with E-state index in [1.165, 1.54) is 0 Å². The molecule has 0 spiro atoms. The van der Waals surface area contributed by atoms with Crippen LogP contribution in [0.2, 0.25) is 0 Å². The second-order valence-corrected chi connectivity index (χ2v) is 5.82. The van der Waals surface area contributed by atoms with E-state index in [9.17, 15) is 4.79 Å². The molecule has 1 saturated heterocycles. The number of carbonyl (C=O) groups is 1. The highest BCUT2D eigenvalue weighted by Gasteiger charge is 2.22. The Morgan fingerprint density at radius 3 is 2.65 bits per heavy atom. The zero-order valence-electron chi connectivity index (χ0n) is 13.3. The van der Waals surface area contributed by atoms with Crippen molar-refractivity contribution in [1.82, 2.24) is 20.3 Å². The highest BCUT2D eigenvalue weighted by atomic mass is 16.1. The number of anilines is 1. The summed E-state index contributed by atoms with van der Waals surface area (Å²) in [7, 11) is 0. The Hall–Kier alpha value is -2.50. The van der Waals surface area contributed by atoms with Crippen molar-refractivity contribution in [3.63, 3.8) is 0 Å². The number of aromatic nitrogens is 3. The molecule has 1 aliphatic rings. The molecule has 3 rings (SSSR count). The standard InChI is InChI=1S/C17H21N5O/c1-13-16(20-9-8-18-13)22-10-5-14(6-11-22)12-21-17(23)15-4-2-3-7-19-15/h2-4,7-9,14H,5-6,10-12H2,1H3,(H,21,23). The third-order valence-corrected chi connectivity index (χ3v) is 4.22. The van der Waals surface area contributed by atoms with Crippen LogP contribution in [0.15, 0.2) is 36.8 Å². The van der Waals surface area contributed by atoms with Gasteiger partial charge in [0, 0.05) is 38.2 Å². The van der Waals surface area contributed by atoms with E-state index in [1.54, 1.807) is 30.7 Å². The molecule has 1 fully saturated rings. The van der Waals surface area contributed by atoms with Gasteiger partial charge >= 0.3 is 0 Å². The Labute approximate surface area is 136 Å². The summed E-state index contributed by atoms with van der Waals surface area (Å²) in [6, 6.07) is 5.36. The summed E-state index contributed by atoms with van der Waals surface area (Å²) in [5.41, 5.74) is 1.44. The number of nitrogens with one attached hydrogen (secondary N) is 1. The monoisotopic (exact) mass is 311 g/mol. The van der Waals surface area contributed by atoms with Gasteiger partial charge in [-0.2, -0.15) is 0 Å². The second-order valence-electron chi connectivity index (χ2n) is 5.82. The molecule has 0 radical (unpaired) electrons. The van der Waals surface area contributed by atoms with Crippen LogP contribution in [-0.4, -0.2) is 40.5 Å². The molecular formula is C17H21N5O. The first-order chi connectivity index (χ1) is 11.2. The minimum Gasteiger partial charge on any atom is -0.355 e. The van der Waals surface area contributed by atoms with Crippen molar-refractivity contribution in [2.45, 2.75) is 19.8 Å². The van der Waals surface area contributed by atoms with Crippen molar-refractivity contribution in [2.75, 3.05) is 24.5 Å². The zero-order chi connectivity index (χ0) is 16.1. The lowest BCUT2D eigenvalue weighted by Crippen LogP contribution is -2.39. The normalized spacial score (nSPS) is 15.4. The molecular weight excluding hydrogens is 290 g/mol. The zero-order valence-corrected chi connectivity index (χ0v) is 13.3. The van der Waals surface area contributed by atoms with Gasteiger partial charge in [-0.3, -0.25) is 14.8 Å². The third-order valence-electron chi connectivity index (χ3n) is 4.22. The number of nitrogens with zero attached hydrogens (tertiary/aromatic N) is 4. The fourth-order valence-corrected chi connectivity index (χ4v) is 2.88. The van der Waals surface area contributed by atoms with Gasteiger partial charge in [0.1, 0.15) is 11.5 Å². The van der Waals surface area contributed by atoms with Crippen LogP contribution < -0.4 is 10.2 Å². The molecule has 2 aromatic rings. The van der Waals surface area contributed by atoms with Gasteiger partial charge in [-0.05, 0) is 37.8 Å². The van der Waals surface area contributed by atoms with Crippen molar-refractivity contribution < 1.29 is 4.79 Å². The fourth-order valence-electron chi connectivity index (χ4n) is 2.88. The lowest BCUT2D eigenvalue weighted by Gasteiger charge is -2.33. The van der Waals surface area contributed by atoms with Gasteiger partial charge in [0.05, 0.1) is 5.69 Å². The first-order valence-electron chi connectivity index (χ1n) is 7.96. The number of aryl methyl sites for hydroxylation is 1. The van der Waals surface area contributed by atoms with Crippen molar-refractivity contribution in [3.8, 4) is 0 Å². The van der Waals surface area contributed by atoms with Gasteiger partial charge in [0.25, 0.3) is 5.91 Å². The van der Waals surface area contributed by atoms with Crippen LogP contribution in [0, 0.1) is 12.8 Å². The molecule has 120 valence electrons. The summed E-state index contributed by atoms with van der Waals surface area (Å²) < 4.78 is 0. The summed E-state index contributed by atoms with van der Waals surface area (Å²) in [5, 5.41) is 2.99. The van der Waals surface area contributed by atoms with Crippen LogP contribution in [0.25, 0.3) is 0 Å². The van der Waals surface area contributed by atoms with Crippen LogP contribution in [-0.2, 0) is 0 Å². The lowest BCUT2D eigenvalue weighted by molar-refractivity contribution is 0.0940. The summed E-state index contributed by atoms with van der Waals surface area (Å²) >= 11 is 0.